The van der Waals surface area contributed by atoms with E-state index in [1.54, 1.807) is 36.4 Å². The zero-order chi connectivity index (χ0) is 24.7. The van der Waals surface area contributed by atoms with Crippen molar-refractivity contribution >= 4 is 51.5 Å². The van der Waals surface area contributed by atoms with Crippen LogP contribution in [0.15, 0.2) is 72.8 Å². The summed E-state index contributed by atoms with van der Waals surface area (Å²) in [4.78, 5) is 3.17. The minimum absolute atomic E-state index is 0.227. The third-order valence-electron chi connectivity index (χ3n) is 5.90. The molecule has 0 fully saturated rings. The summed E-state index contributed by atoms with van der Waals surface area (Å²) in [6.07, 6.45) is 0. The van der Waals surface area contributed by atoms with E-state index in [4.69, 9.17) is 40.5 Å². The van der Waals surface area contributed by atoms with E-state index in [0.29, 0.717) is 53.8 Å². The summed E-state index contributed by atoms with van der Waals surface area (Å²) in [5.74, 6) is 0.227. The van der Waals surface area contributed by atoms with Crippen molar-refractivity contribution in [3.63, 3.8) is 0 Å². The monoisotopic (exact) mass is 512 g/mol. The van der Waals surface area contributed by atoms with Crippen molar-refractivity contribution in [2.75, 3.05) is 5.73 Å². The van der Waals surface area contributed by atoms with Crippen LogP contribution in [-0.2, 0) is 0 Å². The van der Waals surface area contributed by atoms with Gasteiger partial charge in [0, 0.05) is 37.1 Å². The highest BCUT2D eigenvalue weighted by molar-refractivity contribution is 6.31. The molecular weight excluding hydrogens is 499 g/mol. The molecule has 0 saturated heterocycles. The van der Waals surface area contributed by atoms with E-state index in [1.807, 2.05) is 36.4 Å². The lowest BCUT2D eigenvalue weighted by Crippen LogP contribution is -1.97. The van der Waals surface area contributed by atoms with Gasteiger partial charge < -0.3 is 10.7 Å². The lowest BCUT2D eigenvalue weighted by atomic mass is 9.83. The first-order valence-corrected chi connectivity index (χ1v) is 11.7. The Labute approximate surface area is 216 Å². The Hall–Kier alpha value is -3.93. The SMILES string of the molecule is N#Cc1c(-c2ccc(Cl)cc2)c(-c2ccc(Cl)cc2)c2c(C#N)c(N)[nH]c2c1-c1ccc(Cl)cc1. The van der Waals surface area contributed by atoms with Crippen molar-refractivity contribution in [2.24, 2.45) is 0 Å². The average molecular weight is 514 g/mol. The maximum Gasteiger partial charge on any atom is 0.120 e. The van der Waals surface area contributed by atoms with E-state index >= 15 is 0 Å². The fourth-order valence-electron chi connectivity index (χ4n) is 4.40. The van der Waals surface area contributed by atoms with E-state index < -0.39 is 0 Å². The summed E-state index contributed by atoms with van der Waals surface area (Å²) in [7, 11) is 0. The number of H-pyrrole nitrogens is 1. The number of benzene rings is 4. The standard InChI is InChI=1S/C28H15Cl3N4/c29-18-7-1-15(2-8-18)23-21(13-32)24(16-3-9-19(30)10-4-16)27-26(22(14-33)28(34)35-27)25(23)17-5-11-20(31)12-6-17/h1-12,35H,34H2. The van der Waals surface area contributed by atoms with Crippen LogP contribution in [-0.4, -0.2) is 4.98 Å². The van der Waals surface area contributed by atoms with E-state index in [2.05, 4.69) is 17.1 Å². The Morgan fingerprint density at radius 2 is 0.971 bits per heavy atom. The van der Waals surface area contributed by atoms with Crippen LogP contribution in [0, 0.1) is 22.7 Å². The molecule has 0 radical (unpaired) electrons. The van der Waals surface area contributed by atoms with Gasteiger partial charge in [-0.25, -0.2) is 0 Å². The molecule has 1 aromatic heterocycles. The maximum atomic E-state index is 10.5. The number of halogens is 3. The van der Waals surface area contributed by atoms with Gasteiger partial charge in [0.05, 0.1) is 11.1 Å². The number of rotatable bonds is 3. The van der Waals surface area contributed by atoms with Crippen molar-refractivity contribution < 1.29 is 0 Å². The van der Waals surface area contributed by atoms with Gasteiger partial charge in [-0.05, 0) is 53.1 Å². The molecule has 0 atom stereocenters. The van der Waals surface area contributed by atoms with Crippen molar-refractivity contribution in [1.82, 2.24) is 4.98 Å². The second-order valence-corrected chi connectivity index (χ2v) is 9.22. The lowest BCUT2D eigenvalue weighted by Gasteiger charge is -2.19. The Morgan fingerprint density at radius 3 is 1.40 bits per heavy atom. The Balaban J connectivity index is 2.06. The molecule has 4 aromatic carbocycles. The minimum Gasteiger partial charge on any atom is -0.384 e. The van der Waals surface area contributed by atoms with Gasteiger partial charge in [0.1, 0.15) is 23.5 Å². The van der Waals surface area contributed by atoms with Gasteiger partial charge in [0.15, 0.2) is 0 Å². The molecule has 0 aliphatic heterocycles. The molecule has 0 unspecified atom stereocenters. The predicted octanol–water partition coefficient (Wildman–Crippen LogP) is 8.45. The van der Waals surface area contributed by atoms with Gasteiger partial charge in [0.25, 0.3) is 0 Å². The number of aromatic amines is 1. The molecule has 0 amide bonds. The first kappa shape index (κ1) is 22.8. The number of hydrogen-bond donors (Lipinski definition) is 2. The molecule has 7 heteroatoms. The molecule has 1 heterocycles. The molecule has 0 saturated carbocycles. The third-order valence-corrected chi connectivity index (χ3v) is 6.66. The highest BCUT2D eigenvalue weighted by Crippen LogP contribution is 2.48. The van der Waals surface area contributed by atoms with Crippen LogP contribution in [0.4, 0.5) is 5.82 Å². The van der Waals surface area contributed by atoms with Gasteiger partial charge >= 0.3 is 0 Å². The summed E-state index contributed by atoms with van der Waals surface area (Å²) in [6.45, 7) is 0. The van der Waals surface area contributed by atoms with Gasteiger partial charge in [-0.1, -0.05) is 71.2 Å². The Kier molecular flexibility index (Phi) is 5.89. The Bertz CT molecular complexity index is 1670. The molecule has 168 valence electrons. The first-order valence-electron chi connectivity index (χ1n) is 10.5. The quantitative estimate of drug-likeness (QED) is 0.253. The van der Waals surface area contributed by atoms with Crippen LogP contribution in [0.25, 0.3) is 44.3 Å². The molecule has 0 bridgehead atoms. The smallest absolute Gasteiger partial charge is 0.120 e. The van der Waals surface area contributed by atoms with E-state index in [9.17, 15) is 10.5 Å². The van der Waals surface area contributed by atoms with Crippen LogP contribution in [0.2, 0.25) is 15.1 Å². The van der Waals surface area contributed by atoms with Crippen LogP contribution < -0.4 is 5.73 Å². The number of nitriles is 2. The zero-order valence-electron chi connectivity index (χ0n) is 18.0. The normalized spacial score (nSPS) is 10.8. The highest BCUT2D eigenvalue weighted by atomic mass is 35.5. The number of nitrogens with two attached hydrogens (primary N) is 1. The van der Waals surface area contributed by atoms with Gasteiger partial charge in [-0.15, -0.1) is 0 Å². The molecule has 0 aliphatic rings. The number of hydrogen-bond acceptors (Lipinski definition) is 3. The summed E-state index contributed by atoms with van der Waals surface area (Å²) >= 11 is 18.5. The minimum atomic E-state index is 0.227. The summed E-state index contributed by atoms with van der Waals surface area (Å²) < 4.78 is 0. The number of nitrogens with one attached hydrogen (secondary N) is 1. The fraction of sp³-hybridized carbons (Fsp3) is 0. The summed E-state index contributed by atoms with van der Waals surface area (Å²) in [6, 6.07) is 26.4. The number of aromatic nitrogens is 1. The molecule has 0 spiro atoms. The lowest BCUT2D eigenvalue weighted by molar-refractivity contribution is 1.43. The second-order valence-electron chi connectivity index (χ2n) is 7.91. The predicted molar refractivity (Wildman–Crippen MR) is 143 cm³/mol. The van der Waals surface area contributed by atoms with Crippen molar-refractivity contribution in [3.8, 4) is 45.5 Å². The van der Waals surface area contributed by atoms with Crippen LogP contribution >= 0.6 is 34.8 Å². The molecule has 5 rings (SSSR count). The molecular formula is C28H15Cl3N4. The zero-order valence-corrected chi connectivity index (χ0v) is 20.3. The van der Waals surface area contributed by atoms with Crippen molar-refractivity contribution in [2.45, 2.75) is 0 Å². The third kappa shape index (κ3) is 3.89. The summed E-state index contributed by atoms with van der Waals surface area (Å²) in [5.41, 5.74) is 12.0. The highest BCUT2D eigenvalue weighted by Gasteiger charge is 2.27. The average Bonchev–Trinajstić information content (AvgIpc) is 3.19. The number of nitrogens with zero attached hydrogens (tertiary/aromatic N) is 2. The first-order chi connectivity index (χ1) is 16.9. The number of nitrogen functional groups attached to an aromatic ring is 1. The van der Waals surface area contributed by atoms with E-state index in [1.165, 1.54) is 0 Å². The largest absolute Gasteiger partial charge is 0.384 e. The van der Waals surface area contributed by atoms with Crippen LogP contribution in [0.3, 0.4) is 0 Å². The van der Waals surface area contributed by atoms with Crippen LogP contribution in [0.5, 0.6) is 0 Å². The molecule has 35 heavy (non-hydrogen) atoms. The molecule has 0 aliphatic carbocycles. The molecule has 3 N–H and O–H groups in total. The van der Waals surface area contributed by atoms with Crippen LogP contribution in [0.1, 0.15) is 11.1 Å². The maximum absolute atomic E-state index is 10.5. The second kappa shape index (κ2) is 9.02. The summed E-state index contributed by atoms with van der Waals surface area (Å²) in [5, 5.41) is 22.9. The topological polar surface area (TPSA) is 89.4 Å². The van der Waals surface area contributed by atoms with Gasteiger partial charge in [-0.3, -0.25) is 0 Å². The van der Waals surface area contributed by atoms with Gasteiger partial charge in [0.2, 0.25) is 0 Å². The number of anilines is 1. The number of fused-ring (bicyclic) bond motifs is 1. The van der Waals surface area contributed by atoms with E-state index in [-0.39, 0.29) is 5.82 Å². The van der Waals surface area contributed by atoms with Crippen molar-refractivity contribution in [1.29, 1.82) is 10.5 Å². The molecule has 5 aromatic rings. The van der Waals surface area contributed by atoms with Gasteiger partial charge in [-0.2, -0.15) is 10.5 Å². The fourth-order valence-corrected chi connectivity index (χ4v) is 4.78. The van der Waals surface area contributed by atoms with Crippen molar-refractivity contribution in [3.05, 3.63) is 99.0 Å². The van der Waals surface area contributed by atoms with E-state index in [0.717, 1.165) is 16.7 Å². The molecule has 4 nitrogen and oxygen atoms in total. The Morgan fingerprint density at radius 1 is 0.571 bits per heavy atom.